The van der Waals surface area contributed by atoms with Crippen LogP contribution >= 0.6 is 23.2 Å². The molecule has 4 atom stereocenters. The maximum Gasteiger partial charge on any atom is 0.309 e. The van der Waals surface area contributed by atoms with E-state index in [0.29, 0.717) is 0 Å². The third-order valence-electron chi connectivity index (χ3n) is 4.04. The van der Waals surface area contributed by atoms with E-state index in [2.05, 4.69) is 10.6 Å². The SMILES string of the molecule is C[C@@H](NC(=O)C(=O)N[C@H](C)[C@@H](Cl)c1ccccc1)[C@@H](Cl)c1ccccc1. The summed E-state index contributed by atoms with van der Waals surface area (Å²) in [6.45, 7) is 3.52. The molecule has 0 heterocycles. The van der Waals surface area contributed by atoms with Crippen LogP contribution in [-0.4, -0.2) is 23.9 Å². The summed E-state index contributed by atoms with van der Waals surface area (Å²) < 4.78 is 0. The predicted octanol–water partition coefficient (Wildman–Crippen LogP) is 3.96. The highest BCUT2D eigenvalue weighted by Gasteiger charge is 2.25. The summed E-state index contributed by atoms with van der Waals surface area (Å²) in [7, 11) is 0. The molecule has 2 N–H and O–H groups in total. The van der Waals surface area contributed by atoms with Crippen molar-refractivity contribution in [3.05, 3.63) is 71.8 Å². The monoisotopic (exact) mass is 392 g/mol. The van der Waals surface area contributed by atoms with Crippen molar-refractivity contribution < 1.29 is 9.59 Å². The first-order valence-electron chi connectivity index (χ1n) is 8.39. The van der Waals surface area contributed by atoms with Gasteiger partial charge in [-0.05, 0) is 25.0 Å². The number of halogens is 2. The van der Waals surface area contributed by atoms with Crippen LogP contribution in [0.3, 0.4) is 0 Å². The first kappa shape index (κ1) is 20.3. The average molecular weight is 393 g/mol. The molecular weight excluding hydrogens is 371 g/mol. The van der Waals surface area contributed by atoms with E-state index in [1.54, 1.807) is 13.8 Å². The Balaban J connectivity index is 1.89. The molecule has 6 heteroatoms. The first-order valence-corrected chi connectivity index (χ1v) is 9.26. The molecule has 2 amide bonds. The number of hydrogen-bond acceptors (Lipinski definition) is 2. The third-order valence-corrected chi connectivity index (χ3v) is 5.30. The maximum absolute atomic E-state index is 12.2. The highest BCUT2D eigenvalue weighted by molar-refractivity contribution is 6.35. The van der Waals surface area contributed by atoms with Crippen molar-refractivity contribution in [3.8, 4) is 0 Å². The van der Waals surface area contributed by atoms with Crippen LogP contribution in [0.1, 0.15) is 35.7 Å². The van der Waals surface area contributed by atoms with E-state index in [4.69, 9.17) is 23.2 Å². The second kappa shape index (κ2) is 9.60. The first-order chi connectivity index (χ1) is 12.4. The van der Waals surface area contributed by atoms with Crippen molar-refractivity contribution >= 4 is 35.0 Å². The Labute approximate surface area is 163 Å². The molecule has 0 spiro atoms. The van der Waals surface area contributed by atoms with E-state index in [0.717, 1.165) is 11.1 Å². The molecule has 0 fully saturated rings. The van der Waals surface area contributed by atoms with Crippen molar-refractivity contribution in [1.82, 2.24) is 10.6 Å². The van der Waals surface area contributed by atoms with E-state index < -0.39 is 34.7 Å². The van der Waals surface area contributed by atoms with Crippen molar-refractivity contribution in [2.24, 2.45) is 0 Å². The lowest BCUT2D eigenvalue weighted by Crippen LogP contribution is -2.48. The van der Waals surface area contributed by atoms with Crippen LogP contribution < -0.4 is 10.6 Å². The summed E-state index contributed by atoms with van der Waals surface area (Å²) in [5.41, 5.74) is 1.75. The predicted molar refractivity (Wildman–Crippen MR) is 105 cm³/mol. The standard InChI is InChI=1S/C20H22Cl2N2O2/c1-13(17(21)15-9-5-3-6-10-15)23-19(25)20(26)24-14(2)18(22)16-11-7-4-8-12-16/h3-14,17-18H,1-2H3,(H,23,25)(H,24,26)/t13-,14-,17-,18-/m1/s1. The van der Waals surface area contributed by atoms with Gasteiger partial charge in [0.15, 0.2) is 0 Å². The minimum Gasteiger partial charge on any atom is -0.344 e. The van der Waals surface area contributed by atoms with Crippen LogP contribution in [0.4, 0.5) is 0 Å². The third kappa shape index (κ3) is 5.48. The molecule has 0 unspecified atom stereocenters. The van der Waals surface area contributed by atoms with E-state index in [1.165, 1.54) is 0 Å². The molecule has 0 aliphatic carbocycles. The molecule has 0 radical (unpaired) electrons. The fourth-order valence-electron chi connectivity index (χ4n) is 2.54. The summed E-state index contributed by atoms with van der Waals surface area (Å²) in [5, 5.41) is 4.40. The number of carbonyl (C=O) groups is 2. The van der Waals surface area contributed by atoms with Gasteiger partial charge in [-0.2, -0.15) is 0 Å². The zero-order valence-corrected chi connectivity index (χ0v) is 16.2. The number of rotatable bonds is 6. The smallest absolute Gasteiger partial charge is 0.309 e. The quantitative estimate of drug-likeness (QED) is 0.577. The average Bonchev–Trinajstić information content (AvgIpc) is 2.67. The number of nitrogens with one attached hydrogen (secondary N) is 2. The Hall–Kier alpha value is -2.04. The molecule has 0 aliphatic heterocycles. The Morgan fingerprint density at radius 2 is 1.00 bits per heavy atom. The van der Waals surface area contributed by atoms with Gasteiger partial charge in [0.25, 0.3) is 0 Å². The molecule has 0 bridgehead atoms. The van der Waals surface area contributed by atoms with E-state index >= 15 is 0 Å². The lowest BCUT2D eigenvalue weighted by atomic mass is 10.1. The van der Waals surface area contributed by atoms with Crippen molar-refractivity contribution in [2.45, 2.75) is 36.7 Å². The Morgan fingerprint density at radius 1 is 0.692 bits per heavy atom. The van der Waals surface area contributed by atoms with Gasteiger partial charge in [-0.3, -0.25) is 9.59 Å². The van der Waals surface area contributed by atoms with Gasteiger partial charge in [0, 0.05) is 12.1 Å². The largest absolute Gasteiger partial charge is 0.344 e. The minimum absolute atomic E-state index is 0.409. The lowest BCUT2D eigenvalue weighted by molar-refractivity contribution is -0.140. The summed E-state index contributed by atoms with van der Waals surface area (Å²) >= 11 is 12.7. The Bertz CT molecular complexity index is 662. The van der Waals surface area contributed by atoms with Crippen LogP contribution in [0.2, 0.25) is 0 Å². The number of hydrogen-bond donors (Lipinski definition) is 2. The molecule has 2 rings (SSSR count). The number of amides is 2. The van der Waals surface area contributed by atoms with Gasteiger partial charge in [0.2, 0.25) is 0 Å². The molecule has 138 valence electrons. The second-order valence-electron chi connectivity index (χ2n) is 6.15. The van der Waals surface area contributed by atoms with E-state index in [1.807, 2.05) is 60.7 Å². The van der Waals surface area contributed by atoms with Gasteiger partial charge in [-0.25, -0.2) is 0 Å². The van der Waals surface area contributed by atoms with Crippen LogP contribution in [0.5, 0.6) is 0 Å². The van der Waals surface area contributed by atoms with E-state index in [-0.39, 0.29) is 0 Å². The Kier molecular flexibility index (Phi) is 7.49. The molecular formula is C20H22Cl2N2O2. The molecule has 0 aromatic heterocycles. The van der Waals surface area contributed by atoms with Crippen LogP contribution in [0.25, 0.3) is 0 Å². The van der Waals surface area contributed by atoms with Gasteiger partial charge in [0.05, 0.1) is 10.8 Å². The van der Waals surface area contributed by atoms with E-state index in [9.17, 15) is 9.59 Å². The van der Waals surface area contributed by atoms with Crippen LogP contribution in [-0.2, 0) is 9.59 Å². The molecule has 26 heavy (non-hydrogen) atoms. The zero-order chi connectivity index (χ0) is 19.1. The van der Waals surface area contributed by atoms with Gasteiger partial charge >= 0.3 is 11.8 Å². The molecule has 0 saturated heterocycles. The summed E-state index contributed by atoms with van der Waals surface area (Å²) in [4.78, 5) is 24.3. The van der Waals surface area contributed by atoms with Gasteiger partial charge in [-0.1, -0.05) is 60.7 Å². The fourth-order valence-corrected chi connectivity index (χ4v) is 2.96. The number of benzene rings is 2. The number of carbonyl (C=O) groups excluding carboxylic acids is 2. The van der Waals surface area contributed by atoms with Crippen molar-refractivity contribution in [2.75, 3.05) is 0 Å². The summed E-state index contributed by atoms with van der Waals surface area (Å²) in [5.74, 6) is -1.47. The second-order valence-corrected chi connectivity index (χ2v) is 7.09. The van der Waals surface area contributed by atoms with Gasteiger partial charge in [-0.15, -0.1) is 23.2 Å². The van der Waals surface area contributed by atoms with Crippen LogP contribution in [0, 0.1) is 0 Å². The fraction of sp³-hybridized carbons (Fsp3) is 0.300. The number of alkyl halides is 2. The normalized spacial score (nSPS) is 15.4. The molecule has 2 aromatic carbocycles. The summed E-state index contributed by atoms with van der Waals surface area (Å²) in [6, 6.07) is 18.0. The Morgan fingerprint density at radius 3 is 1.31 bits per heavy atom. The van der Waals surface area contributed by atoms with Crippen molar-refractivity contribution in [1.29, 1.82) is 0 Å². The van der Waals surface area contributed by atoms with Gasteiger partial charge in [0.1, 0.15) is 0 Å². The molecule has 2 aromatic rings. The van der Waals surface area contributed by atoms with Crippen molar-refractivity contribution in [3.63, 3.8) is 0 Å². The zero-order valence-electron chi connectivity index (χ0n) is 14.7. The molecule has 0 aliphatic rings. The summed E-state index contributed by atoms with van der Waals surface area (Å²) in [6.07, 6.45) is 0. The molecule has 0 saturated carbocycles. The lowest BCUT2D eigenvalue weighted by Gasteiger charge is -2.22. The molecule has 4 nitrogen and oxygen atoms in total. The van der Waals surface area contributed by atoms with Crippen LogP contribution in [0.15, 0.2) is 60.7 Å². The maximum atomic E-state index is 12.2. The topological polar surface area (TPSA) is 58.2 Å². The highest BCUT2D eigenvalue weighted by atomic mass is 35.5. The van der Waals surface area contributed by atoms with Gasteiger partial charge < -0.3 is 10.6 Å². The highest BCUT2D eigenvalue weighted by Crippen LogP contribution is 2.25. The minimum atomic E-state index is -0.733.